The van der Waals surface area contributed by atoms with Gasteiger partial charge in [-0.2, -0.15) is 10.5 Å². The van der Waals surface area contributed by atoms with Crippen LogP contribution < -0.4 is 20.2 Å². The normalized spacial score (nSPS) is 12.2. The monoisotopic (exact) mass is 1330 g/mol. The Labute approximate surface area is 587 Å². The molecule has 10 nitrogen and oxygen atoms in total. The summed E-state index contributed by atoms with van der Waals surface area (Å²) in [5.74, 6) is 1.58. The predicted octanol–water partition coefficient (Wildman–Crippen LogP) is 23.5. The minimum atomic E-state index is -0.206. The fourth-order valence-electron chi connectivity index (χ4n) is 14.0. The smallest absolute Gasteiger partial charge is 0.254 e. The molecular formula is C82H110B2Cl2N8O2. The summed E-state index contributed by atoms with van der Waals surface area (Å²) in [7, 11) is 0. The van der Waals surface area contributed by atoms with Crippen LogP contribution >= 0.6 is 23.2 Å². The fraction of sp³-hybridized carbons (Fsp3) is 0.537. The molecule has 0 amide bonds. The van der Waals surface area contributed by atoms with Crippen molar-refractivity contribution in [2.75, 3.05) is 13.2 Å². The van der Waals surface area contributed by atoms with Gasteiger partial charge >= 0.3 is 0 Å². The molecule has 0 unspecified atom stereocenters. The number of nitriles is 2. The quantitative estimate of drug-likeness (QED) is 0.0273. The maximum absolute atomic E-state index is 11.8. The highest BCUT2D eigenvalue weighted by Gasteiger charge is 2.31. The molecule has 0 atom stereocenters. The lowest BCUT2D eigenvalue weighted by atomic mass is 9.67. The van der Waals surface area contributed by atoms with Crippen molar-refractivity contribution in [2.24, 2.45) is 0 Å². The minimum Gasteiger partial charge on any atom is -0.494 e. The highest BCUT2D eigenvalue weighted by Crippen LogP contribution is 2.38. The van der Waals surface area contributed by atoms with Gasteiger partial charge in [-0.1, -0.05) is 295 Å². The Morgan fingerprint density at radius 1 is 0.396 bits per heavy atom. The third-order valence-electron chi connectivity index (χ3n) is 19.2. The molecule has 8 aromatic rings. The zero-order chi connectivity index (χ0) is 67.7. The fourth-order valence-corrected chi connectivity index (χ4v) is 14.3. The van der Waals surface area contributed by atoms with Crippen LogP contribution in [-0.4, -0.2) is 55.8 Å². The van der Waals surface area contributed by atoms with Gasteiger partial charge in [-0.15, -0.1) is 0 Å². The first-order valence-corrected chi connectivity index (χ1v) is 38.5. The van der Waals surface area contributed by atoms with E-state index >= 15 is 0 Å². The molecule has 0 fully saturated rings. The van der Waals surface area contributed by atoms with Crippen LogP contribution in [-0.2, 0) is 0 Å². The molecular weight excluding hydrogens is 1220 g/mol. The van der Waals surface area contributed by atoms with Crippen molar-refractivity contribution in [3.05, 3.63) is 129 Å². The summed E-state index contributed by atoms with van der Waals surface area (Å²) in [4.78, 5) is 19.9. The van der Waals surface area contributed by atoms with E-state index in [0.717, 1.165) is 76.0 Å². The lowest BCUT2D eigenvalue weighted by molar-refractivity contribution is 0.304. The van der Waals surface area contributed by atoms with E-state index in [1.807, 2.05) is 24.3 Å². The average molecular weight is 1330 g/mol. The highest BCUT2D eigenvalue weighted by atomic mass is 35.5. The molecule has 4 heterocycles. The van der Waals surface area contributed by atoms with Gasteiger partial charge in [0.1, 0.15) is 46.2 Å². The summed E-state index contributed by atoms with van der Waals surface area (Å²) < 4.78 is 17.4. The van der Waals surface area contributed by atoms with Crippen LogP contribution in [0.15, 0.2) is 97.3 Å². The molecule has 0 aliphatic carbocycles. The second-order valence-electron chi connectivity index (χ2n) is 27.6. The lowest BCUT2D eigenvalue weighted by Gasteiger charge is -2.18. The number of para-hydroxylation sites is 2. The third-order valence-corrected chi connectivity index (χ3v) is 19.9. The van der Waals surface area contributed by atoms with Gasteiger partial charge in [0.05, 0.1) is 68.4 Å². The van der Waals surface area contributed by atoms with Crippen LogP contribution in [0.2, 0.25) is 37.3 Å². The van der Waals surface area contributed by atoms with Gasteiger partial charge in [0.2, 0.25) is 0 Å². The molecule has 0 radical (unpaired) electrons. The predicted molar refractivity (Wildman–Crippen MR) is 410 cm³/mol. The van der Waals surface area contributed by atoms with Crippen molar-refractivity contribution < 1.29 is 9.47 Å². The Hall–Kier alpha value is -6.59. The molecule has 0 bridgehead atoms. The van der Waals surface area contributed by atoms with Crippen molar-refractivity contribution in [3.8, 4) is 46.2 Å². The zero-order valence-electron chi connectivity index (χ0n) is 59.4. The van der Waals surface area contributed by atoms with Crippen LogP contribution in [0, 0.1) is 22.7 Å². The number of hydrogen-bond acceptors (Lipinski definition) is 8. The van der Waals surface area contributed by atoms with Gasteiger partial charge in [-0.05, 0) is 96.8 Å². The van der Waals surface area contributed by atoms with E-state index in [0.29, 0.717) is 73.0 Å². The van der Waals surface area contributed by atoms with Crippen molar-refractivity contribution in [1.29, 1.82) is 10.5 Å². The molecule has 0 N–H and O–H groups in total. The number of fused-ring (bicyclic) bond motifs is 3. The number of unbranched alkanes of at least 4 members (excludes halogenated alkanes) is 34. The summed E-state index contributed by atoms with van der Waals surface area (Å²) in [6, 6.07) is 33.1. The van der Waals surface area contributed by atoms with Gasteiger partial charge < -0.3 is 18.4 Å². The van der Waals surface area contributed by atoms with Crippen molar-refractivity contribution in [1.82, 2.24) is 28.9 Å². The van der Waals surface area contributed by atoms with Gasteiger partial charge in [0.25, 0.3) is 13.7 Å². The summed E-state index contributed by atoms with van der Waals surface area (Å²) in [5, 5.41) is 27.1. The highest BCUT2D eigenvalue weighted by molar-refractivity contribution is 6.56. The number of hydrogen-bond donors (Lipinski definition) is 0. The molecule has 4 aromatic heterocycles. The minimum absolute atomic E-state index is 0.194. The first-order chi connectivity index (χ1) is 47.1. The van der Waals surface area contributed by atoms with Crippen LogP contribution in [0.5, 0.6) is 11.5 Å². The first kappa shape index (κ1) is 75.2. The van der Waals surface area contributed by atoms with E-state index in [9.17, 15) is 10.5 Å². The lowest BCUT2D eigenvalue weighted by Crippen LogP contribution is -2.34. The Morgan fingerprint density at radius 3 is 1.03 bits per heavy atom. The summed E-state index contributed by atoms with van der Waals surface area (Å²) >= 11 is 13.1. The molecule has 4 aromatic carbocycles. The number of rotatable bonds is 46. The first-order valence-electron chi connectivity index (χ1n) is 37.8. The maximum atomic E-state index is 11.8. The van der Waals surface area contributed by atoms with Crippen LogP contribution in [0.1, 0.15) is 256 Å². The van der Waals surface area contributed by atoms with E-state index in [2.05, 4.69) is 111 Å². The van der Waals surface area contributed by atoms with Crippen LogP contribution in [0.25, 0.3) is 66.5 Å². The SMILES string of the molecule is CCCCCCCCCCCCCCCCCCCCOc1ccc(-c2c3/c(=C(\C#N)c4cnc5cc(Cl)c(Cl)cc5n4)n(B(C)C)c(-c4ccc(OCCCCCCCCCCCCCCCCCCCC)cc4)c3/c(=C(\C#N)c3cnc4ccccc4n3)n2B(C)C)cc1. The Kier molecular flexibility index (Phi) is 32.6. The van der Waals surface area contributed by atoms with E-state index in [1.54, 1.807) is 24.5 Å². The molecule has 8 rings (SSSR count). The Morgan fingerprint density at radius 2 is 0.698 bits per heavy atom. The summed E-state index contributed by atoms with van der Waals surface area (Å²) in [5.41, 5.74) is 7.42. The van der Waals surface area contributed by atoms with Gasteiger partial charge in [0.15, 0.2) is 0 Å². The Bertz CT molecular complexity index is 3780. The largest absolute Gasteiger partial charge is 0.494 e. The molecule has 14 heteroatoms. The van der Waals surface area contributed by atoms with Crippen molar-refractivity contribution in [3.63, 3.8) is 0 Å². The number of ether oxygens (including phenoxy) is 2. The zero-order valence-corrected chi connectivity index (χ0v) is 60.9. The number of aromatic nitrogens is 6. The molecule has 0 aliphatic rings. The average Bonchev–Trinajstić information content (AvgIpc) is 1.53. The molecule has 0 aliphatic heterocycles. The van der Waals surface area contributed by atoms with Gasteiger partial charge in [0, 0.05) is 22.2 Å². The van der Waals surface area contributed by atoms with E-state index in [-0.39, 0.29) is 13.7 Å². The van der Waals surface area contributed by atoms with Crippen LogP contribution in [0.3, 0.4) is 0 Å². The van der Waals surface area contributed by atoms with Crippen LogP contribution in [0.4, 0.5) is 0 Å². The van der Waals surface area contributed by atoms with Gasteiger partial charge in [-0.3, -0.25) is 9.97 Å². The third kappa shape index (κ3) is 22.0. The molecule has 0 spiro atoms. The van der Waals surface area contributed by atoms with Crippen molar-refractivity contribution in [2.45, 2.75) is 272 Å². The van der Waals surface area contributed by atoms with E-state index in [1.165, 1.54) is 205 Å². The maximum Gasteiger partial charge on any atom is 0.254 e. The summed E-state index contributed by atoms with van der Waals surface area (Å²) in [6.45, 7) is 14.0. The Balaban J connectivity index is 1.05. The van der Waals surface area contributed by atoms with Gasteiger partial charge in [-0.25, -0.2) is 9.97 Å². The number of halogens is 2. The van der Waals surface area contributed by atoms with E-state index in [4.69, 9.17) is 52.6 Å². The second-order valence-corrected chi connectivity index (χ2v) is 28.4. The molecule has 96 heavy (non-hydrogen) atoms. The van der Waals surface area contributed by atoms with Crippen molar-refractivity contribution >= 4 is 80.9 Å². The number of benzene rings is 4. The molecule has 0 saturated heterocycles. The summed E-state index contributed by atoms with van der Waals surface area (Å²) in [6.07, 6.45) is 51.4. The molecule has 0 saturated carbocycles. The topological polar surface area (TPSA) is 127 Å². The standard InChI is InChI=1S/C82H110B2Cl2N8O2/c1-7-9-11-13-15-17-19-21-23-25-27-29-31-33-35-37-39-43-55-95-65-51-47-63(48-52-65)79-77-78(82(94(79)84(5)6)68(60-88)76-62-90-73-57-69(85)70(86)58-74(73)92-76)80(93(83(3)4)81(77)67(59-87)75-61-89-71-45-41-42-46-72(71)91-75)64-49-53-66(54-50-64)96-56-44-40-38-36-34-32-30-28-26-24-22-20-18-16-14-12-10-8-2/h41-42,45-54,57-58,61-62H,7-40,43-44,55-56H2,1-6H3/b81-67-,82-68-. The second kappa shape index (κ2) is 41.6. The number of nitrogens with zero attached hydrogens (tertiary/aromatic N) is 8. The molecule has 510 valence electrons. The van der Waals surface area contributed by atoms with E-state index < -0.39 is 0 Å².